The topological polar surface area (TPSA) is 33.1 Å². The molecule has 1 atom stereocenters. The summed E-state index contributed by atoms with van der Waals surface area (Å²) in [7, 11) is 1.97. The highest BCUT2D eigenvalue weighted by Crippen LogP contribution is 2.06. The molecule has 1 N–H and O–H groups in total. The van der Waals surface area contributed by atoms with Gasteiger partial charge in [-0.2, -0.15) is 5.10 Å². The number of likely N-dealkylation sites (N-methyl/N-ethyl adjacent to an activating group) is 1. The van der Waals surface area contributed by atoms with Crippen LogP contribution in [0.15, 0.2) is 12.4 Å². The summed E-state index contributed by atoms with van der Waals surface area (Å²) in [6.45, 7) is 11.1. The number of hydrogen-bond acceptors (Lipinski definition) is 3. The molecule has 0 aliphatic rings. The van der Waals surface area contributed by atoms with E-state index >= 15 is 0 Å². The van der Waals surface area contributed by atoms with Gasteiger partial charge in [-0.15, -0.1) is 0 Å². The molecule has 0 fully saturated rings. The minimum absolute atomic E-state index is 0.555. The molecule has 0 aliphatic heterocycles. The molecule has 0 aliphatic carbocycles. The average Bonchev–Trinajstić information content (AvgIpc) is 2.76. The number of aryl methyl sites for hydroxylation is 1. The second kappa shape index (κ2) is 8.27. The van der Waals surface area contributed by atoms with Crippen LogP contribution < -0.4 is 5.32 Å². The molecule has 1 aromatic rings. The van der Waals surface area contributed by atoms with Gasteiger partial charge in [0.25, 0.3) is 0 Å². The van der Waals surface area contributed by atoms with Gasteiger partial charge in [-0.25, -0.2) is 0 Å². The van der Waals surface area contributed by atoms with Crippen LogP contribution in [0, 0.1) is 0 Å². The lowest BCUT2D eigenvalue weighted by atomic mass is 10.1. The van der Waals surface area contributed by atoms with E-state index in [-0.39, 0.29) is 0 Å². The van der Waals surface area contributed by atoms with Crippen molar-refractivity contribution < 1.29 is 0 Å². The zero-order chi connectivity index (χ0) is 13.4. The molecule has 1 unspecified atom stereocenters. The number of nitrogens with zero attached hydrogens (tertiary/aromatic N) is 3. The fourth-order valence-electron chi connectivity index (χ4n) is 2.31. The van der Waals surface area contributed by atoms with E-state index in [1.54, 1.807) is 0 Å². The largest absolute Gasteiger partial charge is 0.314 e. The third-order valence-electron chi connectivity index (χ3n) is 3.42. The average molecular weight is 252 g/mol. The van der Waals surface area contributed by atoms with E-state index in [1.165, 1.54) is 18.5 Å². The zero-order valence-corrected chi connectivity index (χ0v) is 12.3. The van der Waals surface area contributed by atoms with Crippen molar-refractivity contribution in [2.45, 2.75) is 39.7 Å². The molecule has 0 saturated carbocycles. The van der Waals surface area contributed by atoms with Crippen LogP contribution in [0.2, 0.25) is 0 Å². The molecule has 1 heterocycles. The Morgan fingerprint density at radius 1 is 1.33 bits per heavy atom. The maximum Gasteiger partial charge on any atom is 0.0522 e. The molecule has 0 radical (unpaired) electrons. The molecule has 18 heavy (non-hydrogen) atoms. The first-order valence-corrected chi connectivity index (χ1v) is 7.12. The van der Waals surface area contributed by atoms with Crippen molar-refractivity contribution in [3.63, 3.8) is 0 Å². The Balaban J connectivity index is 2.44. The first-order valence-electron chi connectivity index (χ1n) is 7.12. The fraction of sp³-hybridized carbons (Fsp3) is 0.786. The van der Waals surface area contributed by atoms with Crippen molar-refractivity contribution in [2.75, 3.05) is 26.2 Å². The summed E-state index contributed by atoms with van der Waals surface area (Å²) in [5.74, 6) is 0. The van der Waals surface area contributed by atoms with Gasteiger partial charge in [0.05, 0.1) is 6.20 Å². The Hall–Kier alpha value is -0.870. The van der Waals surface area contributed by atoms with Gasteiger partial charge in [0, 0.05) is 19.3 Å². The number of hydrogen-bond donors (Lipinski definition) is 1. The first-order chi connectivity index (χ1) is 8.69. The van der Waals surface area contributed by atoms with E-state index < -0.39 is 0 Å². The number of aromatic nitrogens is 2. The summed E-state index contributed by atoms with van der Waals surface area (Å²) in [6, 6.07) is 0.555. The number of nitrogens with one attached hydrogen (secondary N) is 1. The van der Waals surface area contributed by atoms with Crippen molar-refractivity contribution in [1.82, 2.24) is 20.0 Å². The Labute approximate surface area is 111 Å². The highest BCUT2D eigenvalue weighted by atomic mass is 15.2. The molecule has 0 aromatic carbocycles. The van der Waals surface area contributed by atoms with Crippen molar-refractivity contribution in [2.24, 2.45) is 7.05 Å². The molecular formula is C14H28N4. The smallest absolute Gasteiger partial charge is 0.0522 e. The van der Waals surface area contributed by atoms with E-state index in [0.29, 0.717) is 6.04 Å². The lowest BCUT2D eigenvalue weighted by molar-refractivity contribution is 0.281. The van der Waals surface area contributed by atoms with Crippen LogP contribution in [0.4, 0.5) is 0 Å². The lowest BCUT2D eigenvalue weighted by Crippen LogP contribution is -2.35. The monoisotopic (exact) mass is 252 g/mol. The summed E-state index contributed by atoms with van der Waals surface area (Å²) in [5, 5.41) is 7.82. The Kier molecular flexibility index (Phi) is 6.98. The predicted molar refractivity (Wildman–Crippen MR) is 76.8 cm³/mol. The van der Waals surface area contributed by atoms with Crippen LogP contribution in [-0.2, 0) is 13.5 Å². The van der Waals surface area contributed by atoms with Gasteiger partial charge in [-0.1, -0.05) is 20.8 Å². The third kappa shape index (κ3) is 5.19. The van der Waals surface area contributed by atoms with E-state index in [0.717, 1.165) is 26.1 Å². The van der Waals surface area contributed by atoms with E-state index in [4.69, 9.17) is 0 Å². The summed E-state index contributed by atoms with van der Waals surface area (Å²) in [5.41, 5.74) is 1.32. The maximum atomic E-state index is 4.24. The molecule has 0 bridgehead atoms. The van der Waals surface area contributed by atoms with Crippen LogP contribution >= 0.6 is 0 Å². The maximum absolute atomic E-state index is 4.24. The molecule has 1 rings (SSSR count). The normalized spacial score (nSPS) is 13.2. The first kappa shape index (κ1) is 15.2. The summed E-state index contributed by atoms with van der Waals surface area (Å²) >= 11 is 0. The summed E-state index contributed by atoms with van der Waals surface area (Å²) in [4.78, 5) is 2.48. The SMILES string of the molecule is CCNC(CCN(CC)CC)Cc1cnn(C)c1. The van der Waals surface area contributed by atoms with Crippen molar-refractivity contribution in [3.8, 4) is 0 Å². The van der Waals surface area contributed by atoms with Crippen LogP contribution in [0.1, 0.15) is 32.8 Å². The highest BCUT2D eigenvalue weighted by molar-refractivity contribution is 5.06. The minimum atomic E-state index is 0.555. The van der Waals surface area contributed by atoms with Crippen molar-refractivity contribution in [1.29, 1.82) is 0 Å². The van der Waals surface area contributed by atoms with Gasteiger partial charge >= 0.3 is 0 Å². The summed E-state index contributed by atoms with van der Waals surface area (Å²) in [6.07, 6.45) is 6.36. The van der Waals surface area contributed by atoms with Gasteiger partial charge in [0.2, 0.25) is 0 Å². The molecule has 0 amide bonds. The molecule has 1 aromatic heterocycles. The molecule has 104 valence electrons. The Morgan fingerprint density at radius 3 is 2.56 bits per heavy atom. The van der Waals surface area contributed by atoms with Crippen molar-refractivity contribution in [3.05, 3.63) is 18.0 Å². The lowest BCUT2D eigenvalue weighted by Gasteiger charge is -2.23. The van der Waals surface area contributed by atoms with E-state index in [9.17, 15) is 0 Å². The standard InChI is InChI=1S/C14H28N4/c1-5-15-14(8-9-18(6-2)7-3)10-13-11-16-17(4)12-13/h11-12,14-15H,5-10H2,1-4H3. The van der Waals surface area contributed by atoms with E-state index in [2.05, 4.69) is 42.3 Å². The van der Waals surface area contributed by atoms with E-state index in [1.807, 2.05) is 17.9 Å². The van der Waals surface area contributed by atoms with Crippen LogP contribution in [0.5, 0.6) is 0 Å². The van der Waals surface area contributed by atoms with Gasteiger partial charge in [0.1, 0.15) is 0 Å². The summed E-state index contributed by atoms with van der Waals surface area (Å²) < 4.78 is 1.88. The minimum Gasteiger partial charge on any atom is -0.314 e. The molecule has 0 spiro atoms. The van der Waals surface area contributed by atoms with Gasteiger partial charge in [0.15, 0.2) is 0 Å². The quantitative estimate of drug-likeness (QED) is 0.726. The third-order valence-corrected chi connectivity index (χ3v) is 3.42. The Morgan fingerprint density at radius 2 is 2.06 bits per heavy atom. The number of rotatable bonds is 9. The second-order valence-corrected chi connectivity index (χ2v) is 4.80. The highest BCUT2D eigenvalue weighted by Gasteiger charge is 2.11. The molecule has 4 heteroatoms. The van der Waals surface area contributed by atoms with Crippen LogP contribution in [0.3, 0.4) is 0 Å². The molecular weight excluding hydrogens is 224 g/mol. The van der Waals surface area contributed by atoms with Gasteiger partial charge in [-0.05, 0) is 44.6 Å². The fourth-order valence-corrected chi connectivity index (χ4v) is 2.31. The predicted octanol–water partition coefficient (Wildman–Crippen LogP) is 1.67. The van der Waals surface area contributed by atoms with Gasteiger partial charge < -0.3 is 10.2 Å². The second-order valence-electron chi connectivity index (χ2n) is 4.80. The van der Waals surface area contributed by atoms with Crippen LogP contribution in [0.25, 0.3) is 0 Å². The van der Waals surface area contributed by atoms with Crippen molar-refractivity contribution >= 4 is 0 Å². The van der Waals surface area contributed by atoms with Crippen LogP contribution in [-0.4, -0.2) is 46.9 Å². The Bertz CT molecular complexity index is 317. The molecule has 0 saturated heterocycles. The zero-order valence-electron chi connectivity index (χ0n) is 12.3. The molecule has 4 nitrogen and oxygen atoms in total. The van der Waals surface area contributed by atoms with Gasteiger partial charge in [-0.3, -0.25) is 4.68 Å².